The van der Waals surface area contributed by atoms with Crippen LogP contribution >= 0.6 is 0 Å². The first kappa shape index (κ1) is 36.0. The fraction of sp³-hybridized carbons (Fsp3) is 0.0526. The minimum absolute atomic E-state index is 0.0762. The lowest BCUT2D eigenvalue weighted by atomic mass is 9.79. The van der Waals surface area contributed by atoms with Crippen molar-refractivity contribution in [2.24, 2.45) is 4.99 Å². The molecule has 280 valence electrons. The smallest absolute Gasteiger partial charge is 0.152 e. The summed E-state index contributed by atoms with van der Waals surface area (Å²) < 4.78 is 0. The van der Waals surface area contributed by atoms with Crippen LogP contribution in [0.4, 0.5) is 0 Å². The molecule has 1 aliphatic carbocycles. The predicted molar refractivity (Wildman–Crippen MR) is 251 cm³/mol. The van der Waals surface area contributed by atoms with Gasteiger partial charge in [0.2, 0.25) is 0 Å². The van der Waals surface area contributed by atoms with E-state index in [0.29, 0.717) is 0 Å². The van der Waals surface area contributed by atoms with E-state index in [2.05, 4.69) is 196 Å². The first-order valence-electron chi connectivity index (χ1n) is 20.3. The van der Waals surface area contributed by atoms with Crippen molar-refractivity contribution in [3.8, 4) is 44.5 Å². The summed E-state index contributed by atoms with van der Waals surface area (Å²) in [6.07, 6.45) is 4.20. The summed E-state index contributed by atoms with van der Waals surface area (Å²) in [4.78, 5) is 4.95. The summed E-state index contributed by atoms with van der Waals surface area (Å²) in [5.74, 6) is 0.221. The van der Waals surface area contributed by atoms with Crippen LogP contribution in [0, 0.1) is 5.41 Å². The van der Waals surface area contributed by atoms with Gasteiger partial charge in [-0.3, -0.25) is 5.41 Å². The van der Waals surface area contributed by atoms with Gasteiger partial charge in [0.25, 0.3) is 0 Å². The zero-order chi connectivity index (χ0) is 39.9. The van der Waals surface area contributed by atoms with E-state index >= 15 is 0 Å². The Morgan fingerprint density at radius 3 is 1.90 bits per heavy atom. The third kappa shape index (κ3) is 6.59. The Bertz CT molecular complexity index is 3130. The molecule has 0 atom stereocenters. The molecule has 0 saturated carbocycles. The number of rotatable bonds is 7. The molecule has 10 rings (SSSR count). The molecule has 0 heterocycles. The quantitative estimate of drug-likeness (QED) is 0.124. The maximum absolute atomic E-state index is 8.99. The number of amidine groups is 1. The van der Waals surface area contributed by atoms with Crippen LogP contribution in [-0.2, 0) is 5.41 Å². The Hall–Kier alpha value is -7.42. The van der Waals surface area contributed by atoms with Gasteiger partial charge in [0.05, 0.1) is 5.71 Å². The summed E-state index contributed by atoms with van der Waals surface area (Å²) in [6.45, 7) is 4.70. The van der Waals surface area contributed by atoms with Gasteiger partial charge in [-0.25, -0.2) is 4.99 Å². The number of allylic oxidation sites excluding steroid dienone is 1. The standard InChI is InChI=1S/C57H42N2/c1-57(2)53-25-11-10-22-51(53)52-24-13-23-49(55(52)57)41-29-27-39(28-30-41)48-34-32-40(47-20-8-9-21-50(47)48)33-35-54(59-56(58)42-15-4-3-5-16-42)46-19-12-18-44(37-46)45-31-26-38-14-6-7-17-43(38)36-45/h3-37,58H,1-2H3/b35-33+,58-56?,59-54?. The van der Waals surface area contributed by atoms with Crippen LogP contribution < -0.4 is 0 Å². The summed E-state index contributed by atoms with van der Waals surface area (Å²) in [6, 6.07) is 71.0. The van der Waals surface area contributed by atoms with Crippen molar-refractivity contribution in [2.75, 3.05) is 0 Å². The van der Waals surface area contributed by atoms with E-state index in [9.17, 15) is 0 Å². The van der Waals surface area contributed by atoms with Crippen molar-refractivity contribution in [3.63, 3.8) is 0 Å². The van der Waals surface area contributed by atoms with Gasteiger partial charge < -0.3 is 0 Å². The maximum Gasteiger partial charge on any atom is 0.152 e. The number of benzene rings is 9. The van der Waals surface area contributed by atoms with Gasteiger partial charge in [-0.15, -0.1) is 0 Å². The summed E-state index contributed by atoms with van der Waals surface area (Å²) in [5, 5.41) is 13.8. The monoisotopic (exact) mass is 754 g/mol. The highest BCUT2D eigenvalue weighted by molar-refractivity contribution is 6.18. The van der Waals surface area contributed by atoms with Crippen LogP contribution in [0.5, 0.6) is 0 Å². The predicted octanol–water partition coefficient (Wildman–Crippen LogP) is 14.8. The highest BCUT2D eigenvalue weighted by Gasteiger charge is 2.37. The number of nitrogens with zero attached hydrogens (tertiary/aromatic N) is 1. The lowest BCUT2D eigenvalue weighted by Gasteiger charge is -2.24. The Kier molecular flexibility index (Phi) is 9.03. The molecule has 1 N–H and O–H groups in total. The van der Waals surface area contributed by atoms with Crippen molar-refractivity contribution in [1.29, 1.82) is 5.41 Å². The third-order valence-electron chi connectivity index (χ3n) is 12.0. The molecule has 0 bridgehead atoms. The van der Waals surface area contributed by atoms with Crippen LogP contribution in [-0.4, -0.2) is 11.5 Å². The molecule has 59 heavy (non-hydrogen) atoms. The van der Waals surface area contributed by atoms with Crippen LogP contribution in [0.1, 0.15) is 41.7 Å². The summed E-state index contributed by atoms with van der Waals surface area (Å²) in [5.41, 5.74) is 16.1. The lowest BCUT2D eigenvalue weighted by Crippen LogP contribution is -2.16. The molecule has 1 aliphatic rings. The van der Waals surface area contributed by atoms with E-state index < -0.39 is 0 Å². The average Bonchev–Trinajstić information content (AvgIpc) is 3.53. The lowest BCUT2D eigenvalue weighted by molar-refractivity contribution is 0.662. The van der Waals surface area contributed by atoms with E-state index in [-0.39, 0.29) is 11.3 Å². The van der Waals surface area contributed by atoms with E-state index in [1.165, 1.54) is 60.7 Å². The second-order valence-corrected chi connectivity index (χ2v) is 15.9. The Morgan fingerprint density at radius 1 is 0.458 bits per heavy atom. The van der Waals surface area contributed by atoms with Gasteiger partial charge in [0, 0.05) is 16.5 Å². The Morgan fingerprint density at radius 2 is 1.07 bits per heavy atom. The fourth-order valence-electron chi connectivity index (χ4n) is 9.01. The average molecular weight is 755 g/mol. The highest BCUT2D eigenvalue weighted by Crippen LogP contribution is 2.52. The number of hydrogen-bond donors (Lipinski definition) is 1. The molecule has 9 aromatic rings. The minimum atomic E-state index is -0.0762. The Balaban J connectivity index is 1.00. The van der Waals surface area contributed by atoms with E-state index in [4.69, 9.17) is 10.4 Å². The van der Waals surface area contributed by atoms with Gasteiger partial charge in [-0.2, -0.15) is 0 Å². The molecule has 2 heteroatoms. The normalized spacial score (nSPS) is 13.2. The van der Waals surface area contributed by atoms with Gasteiger partial charge in [-0.1, -0.05) is 208 Å². The molecule has 0 saturated heterocycles. The van der Waals surface area contributed by atoms with Crippen molar-refractivity contribution in [3.05, 3.63) is 234 Å². The molecule has 9 aromatic carbocycles. The molecule has 0 amide bonds. The maximum atomic E-state index is 8.99. The molecule has 0 unspecified atom stereocenters. The molecule has 0 spiro atoms. The van der Waals surface area contributed by atoms with Crippen LogP contribution in [0.2, 0.25) is 0 Å². The van der Waals surface area contributed by atoms with Crippen LogP contribution in [0.15, 0.2) is 211 Å². The van der Waals surface area contributed by atoms with Crippen molar-refractivity contribution in [1.82, 2.24) is 0 Å². The first-order valence-corrected chi connectivity index (χ1v) is 20.3. The zero-order valence-electron chi connectivity index (χ0n) is 33.2. The van der Waals surface area contributed by atoms with Gasteiger partial charge in [-0.05, 0) is 101 Å². The van der Waals surface area contributed by atoms with Gasteiger partial charge in [0.15, 0.2) is 5.84 Å². The number of hydrogen-bond acceptors (Lipinski definition) is 1. The summed E-state index contributed by atoms with van der Waals surface area (Å²) in [7, 11) is 0. The minimum Gasteiger partial charge on any atom is -0.282 e. The third-order valence-corrected chi connectivity index (χ3v) is 12.0. The van der Waals surface area contributed by atoms with E-state index in [1.54, 1.807) is 0 Å². The number of aliphatic imine (C=N–C) groups is 1. The Labute approximate surface area is 346 Å². The second-order valence-electron chi connectivity index (χ2n) is 15.9. The van der Waals surface area contributed by atoms with E-state index in [1.807, 2.05) is 30.3 Å². The van der Waals surface area contributed by atoms with Gasteiger partial charge >= 0.3 is 0 Å². The molecular formula is C57H42N2. The van der Waals surface area contributed by atoms with Crippen LogP contribution in [0.3, 0.4) is 0 Å². The topological polar surface area (TPSA) is 36.2 Å². The second kappa shape index (κ2) is 14.8. The summed E-state index contributed by atoms with van der Waals surface area (Å²) >= 11 is 0. The van der Waals surface area contributed by atoms with Crippen LogP contribution in [0.25, 0.3) is 72.1 Å². The number of fused-ring (bicyclic) bond motifs is 5. The molecule has 0 aliphatic heterocycles. The van der Waals surface area contributed by atoms with Crippen molar-refractivity contribution >= 4 is 39.2 Å². The van der Waals surface area contributed by atoms with Crippen molar-refractivity contribution < 1.29 is 0 Å². The SMILES string of the molecule is CC1(C)c2ccccc2-c2cccc(-c3ccc(-c4ccc(/C=C/C(=NC(=N)c5ccccc5)c5cccc(-c6ccc7ccccc7c6)c5)c5ccccc45)cc3)c21. The first-order chi connectivity index (χ1) is 28.9. The van der Waals surface area contributed by atoms with Crippen molar-refractivity contribution in [2.45, 2.75) is 19.3 Å². The fourth-order valence-corrected chi connectivity index (χ4v) is 9.01. The molecule has 0 aromatic heterocycles. The molecule has 0 radical (unpaired) electrons. The van der Waals surface area contributed by atoms with Gasteiger partial charge in [0.1, 0.15) is 0 Å². The van der Waals surface area contributed by atoms with E-state index in [0.717, 1.165) is 38.9 Å². The largest absolute Gasteiger partial charge is 0.282 e. The highest BCUT2D eigenvalue weighted by atomic mass is 14.8. The number of nitrogens with one attached hydrogen (secondary N) is 1. The zero-order valence-corrected chi connectivity index (χ0v) is 33.2. The molecular weight excluding hydrogens is 713 g/mol. The molecule has 2 nitrogen and oxygen atoms in total. The molecule has 0 fully saturated rings.